The zero-order valence-electron chi connectivity index (χ0n) is 13.1. The molecule has 0 aromatic heterocycles. The summed E-state index contributed by atoms with van der Waals surface area (Å²) in [6, 6.07) is 20.3. The van der Waals surface area contributed by atoms with Crippen molar-refractivity contribution in [2.45, 2.75) is 12.8 Å². The number of rotatable bonds is 6. The van der Waals surface area contributed by atoms with E-state index in [1.165, 1.54) is 50.1 Å². The van der Waals surface area contributed by atoms with Gasteiger partial charge in [-0.15, -0.1) is 0 Å². The molecule has 2 heteroatoms. The van der Waals surface area contributed by atoms with E-state index in [0.717, 1.165) is 17.9 Å². The largest absolute Gasteiger partial charge is 0.179 e. The molecule has 23 heavy (non-hydrogen) atoms. The molecule has 4 aromatic rings. The second kappa shape index (κ2) is 6.62. The van der Waals surface area contributed by atoms with Gasteiger partial charge >= 0.3 is 0 Å². The minimum absolute atomic E-state index is 0.976. The summed E-state index contributed by atoms with van der Waals surface area (Å²) in [5.41, 5.74) is 1.49. The van der Waals surface area contributed by atoms with E-state index in [-0.39, 0.29) is 0 Å². The molecule has 0 N–H and O–H groups in total. The molecule has 0 spiro atoms. The van der Waals surface area contributed by atoms with Crippen molar-refractivity contribution in [2.24, 2.45) is 0 Å². The third-order valence-corrected chi connectivity index (χ3v) is 6.19. The molecule has 116 valence electrons. The van der Waals surface area contributed by atoms with Gasteiger partial charge in [-0.25, -0.2) is 0 Å². The number of hydrogen-bond donors (Lipinski definition) is 1. The third-order valence-electron chi connectivity index (χ3n) is 4.59. The standard InChI is InChI=1S/C21H20S2/c22-12-14-23-13-2-5-15-6-7-18-9-8-16-3-1-4-17-10-11-19(15)21(18)20(16)17/h1,3-4,6-11,22H,2,5,12-14H2. The van der Waals surface area contributed by atoms with E-state index in [2.05, 4.69) is 67.2 Å². The second-order valence-electron chi connectivity index (χ2n) is 6.02. The topological polar surface area (TPSA) is 0 Å². The summed E-state index contributed by atoms with van der Waals surface area (Å²) in [4.78, 5) is 0. The van der Waals surface area contributed by atoms with Crippen molar-refractivity contribution in [1.82, 2.24) is 0 Å². The summed E-state index contributed by atoms with van der Waals surface area (Å²) in [5.74, 6) is 3.35. The van der Waals surface area contributed by atoms with Crippen LogP contribution in [0.1, 0.15) is 12.0 Å². The highest BCUT2D eigenvalue weighted by Gasteiger charge is 2.10. The number of thioether (sulfide) groups is 1. The first kappa shape index (κ1) is 15.2. The van der Waals surface area contributed by atoms with Gasteiger partial charge in [0.15, 0.2) is 0 Å². The van der Waals surface area contributed by atoms with Crippen molar-refractivity contribution in [3.8, 4) is 0 Å². The molecule has 0 saturated carbocycles. The Kier molecular flexibility index (Phi) is 4.37. The monoisotopic (exact) mass is 336 g/mol. The maximum atomic E-state index is 4.28. The fourth-order valence-electron chi connectivity index (χ4n) is 3.55. The molecule has 0 aliphatic rings. The molecule has 0 fully saturated rings. The van der Waals surface area contributed by atoms with Gasteiger partial charge in [0.2, 0.25) is 0 Å². The average Bonchev–Trinajstić information content (AvgIpc) is 2.60. The quantitative estimate of drug-likeness (QED) is 0.249. The fraction of sp³-hybridized carbons (Fsp3) is 0.238. The molecule has 0 atom stereocenters. The van der Waals surface area contributed by atoms with Crippen molar-refractivity contribution in [3.05, 3.63) is 60.2 Å². The number of aryl methyl sites for hydroxylation is 1. The van der Waals surface area contributed by atoms with E-state index in [4.69, 9.17) is 0 Å². The lowest BCUT2D eigenvalue weighted by atomic mass is 9.91. The van der Waals surface area contributed by atoms with Crippen LogP contribution in [0.25, 0.3) is 32.3 Å². The first-order valence-electron chi connectivity index (χ1n) is 8.22. The van der Waals surface area contributed by atoms with Crippen LogP contribution in [0.2, 0.25) is 0 Å². The Balaban J connectivity index is 1.77. The summed E-state index contributed by atoms with van der Waals surface area (Å²) in [5, 5.41) is 8.36. The third kappa shape index (κ3) is 2.79. The molecule has 0 nitrogen and oxygen atoms in total. The van der Waals surface area contributed by atoms with Crippen molar-refractivity contribution < 1.29 is 0 Å². The van der Waals surface area contributed by atoms with Crippen molar-refractivity contribution in [1.29, 1.82) is 0 Å². The summed E-state index contributed by atoms with van der Waals surface area (Å²) < 4.78 is 0. The molecular formula is C21H20S2. The van der Waals surface area contributed by atoms with Gasteiger partial charge in [0, 0.05) is 5.75 Å². The van der Waals surface area contributed by atoms with Gasteiger partial charge in [-0.05, 0) is 62.2 Å². The summed E-state index contributed by atoms with van der Waals surface area (Å²) in [6.45, 7) is 0. The highest BCUT2D eigenvalue weighted by atomic mass is 32.2. The Morgan fingerprint density at radius 3 is 2.22 bits per heavy atom. The Morgan fingerprint density at radius 2 is 1.43 bits per heavy atom. The van der Waals surface area contributed by atoms with Crippen LogP contribution in [0, 0.1) is 0 Å². The van der Waals surface area contributed by atoms with Crippen LogP contribution >= 0.6 is 24.4 Å². The van der Waals surface area contributed by atoms with Gasteiger partial charge in [-0.1, -0.05) is 54.6 Å². The molecule has 4 rings (SSSR count). The fourth-order valence-corrected chi connectivity index (χ4v) is 4.61. The van der Waals surface area contributed by atoms with Crippen LogP contribution in [-0.2, 0) is 6.42 Å². The molecule has 0 aliphatic carbocycles. The summed E-state index contributed by atoms with van der Waals surface area (Å²) >= 11 is 6.28. The van der Waals surface area contributed by atoms with Crippen LogP contribution in [0.3, 0.4) is 0 Å². The minimum Gasteiger partial charge on any atom is -0.179 e. The van der Waals surface area contributed by atoms with Crippen molar-refractivity contribution in [2.75, 3.05) is 17.3 Å². The maximum absolute atomic E-state index is 4.28. The first-order valence-corrected chi connectivity index (χ1v) is 10.0. The molecular weight excluding hydrogens is 316 g/mol. The first-order chi connectivity index (χ1) is 11.4. The van der Waals surface area contributed by atoms with Gasteiger partial charge in [0.05, 0.1) is 0 Å². The van der Waals surface area contributed by atoms with Gasteiger partial charge in [-0.3, -0.25) is 0 Å². The van der Waals surface area contributed by atoms with Crippen LogP contribution in [0.5, 0.6) is 0 Å². The Hall–Kier alpha value is -1.38. The lowest BCUT2D eigenvalue weighted by Gasteiger charge is -2.13. The number of thiol groups is 1. The highest BCUT2D eigenvalue weighted by molar-refractivity contribution is 7.99. The van der Waals surface area contributed by atoms with E-state index in [1.807, 2.05) is 11.8 Å². The Bertz CT molecular complexity index is 927. The van der Waals surface area contributed by atoms with Gasteiger partial charge in [0.1, 0.15) is 0 Å². The molecule has 0 radical (unpaired) electrons. The van der Waals surface area contributed by atoms with Gasteiger partial charge < -0.3 is 0 Å². The van der Waals surface area contributed by atoms with Crippen LogP contribution in [-0.4, -0.2) is 17.3 Å². The van der Waals surface area contributed by atoms with E-state index < -0.39 is 0 Å². The Morgan fingerprint density at radius 1 is 0.739 bits per heavy atom. The smallest absolute Gasteiger partial charge is 0.00210 e. The molecule has 0 unspecified atom stereocenters. The second-order valence-corrected chi connectivity index (χ2v) is 7.69. The average molecular weight is 337 g/mol. The lowest BCUT2D eigenvalue weighted by Crippen LogP contribution is -1.93. The molecule has 4 aromatic carbocycles. The van der Waals surface area contributed by atoms with Crippen LogP contribution in [0.15, 0.2) is 54.6 Å². The summed E-state index contributed by atoms with van der Waals surface area (Å²) in [6.07, 6.45) is 2.40. The number of benzene rings is 4. The predicted octanol–water partition coefficient (Wildman–Crippen LogP) is 6.18. The minimum atomic E-state index is 0.976. The molecule has 0 aliphatic heterocycles. The highest BCUT2D eigenvalue weighted by Crippen LogP contribution is 2.36. The van der Waals surface area contributed by atoms with E-state index in [1.54, 1.807) is 0 Å². The van der Waals surface area contributed by atoms with Crippen LogP contribution < -0.4 is 0 Å². The SMILES string of the molecule is SCCSCCCc1ccc2ccc3cccc4ccc1c2c34. The zero-order valence-corrected chi connectivity index (χ0v) is 14.8. The van der Waals surface area contributed by atoms with Gasteiger partial charge in [-0.2, -0.15) is 24.4 Å². The van der Waals surface area contributed by atoms with E-state index in [9.17, 15) is 0 Å². The van der Waals surface area contributed by atoms with E-state index >= 15 is 0 Å². The van der Waals surface area contributed by atoms with Crippen molar-refractivity contribution in [3.63, 3.8) is 0 Å². The zero-order chi connectivity index (χ0) is 15.6. The maximum Gasteiger partial charge on any atom is 0.00210 e. The van der Waals surface area contributed by atoms with Gasteiger partial charge in [0.25, 0.3) is 0 Å². The van der Waals surface area contributed by atoms with Crippen molar-refractivity contribution >= 4 is 56.7 Å². The van der Waals surface area contributed by atoms with Crippen LogP contribution in [0.4, 0.5) is 0 Å². The lowest BCUT2D eigenvalue weighted by molar-refractivity contribution is 0.942. The Labute approximate surface area is 147 Å². The normalized spacial score (nSPS) is 11.9. The summed E-state index contributed by atoms with van der Waals surface area (Å²) in [7, 11) is 0. The predicted molar refractivity (Wildman–Crippen MR) is 110 cm³/mol. The molecule has 0 heterocycles. The van der Waals surface area contributed by atoms with E-state index in [0.29, 0.717) is 0 Å². The molecule has 0 amide bonds. The number of hydrogen-bond acceptors (Lipinski definition) is 2. The molecule has 0 saturated heterocycles. The molecule has 0 bridgehead atoms.